The fourth-order valence-corrected chi connectivity index (χ4v) is 1.23. The Bertz CT molecular complexity index is 316. The van der Waals surface area contributed by atoms with E-state index in [1.165, 1.54) is 0 Å². The van der Waals surface area contributed by atoms with Crippen LogP contribution >= 0.6 is 0 Å². The van der Waals surface area contributed by atoms with Crippen molar-refractivity contribution in [2.45, 2.75) is 20.3 Å². The normalized spacial score (nSPS) is 32.4. The molecule has 0 saturated heterocycles. The second kappa shape index (κ2) is 5.38. The lowest BCUT2D eigenvalue weighted by Gasteiger charge is -2.02. The van der Waals surface area contributed by atoms with Crippen molar-refractivity contribution < 1.29 is 4.79 Å². The van der Waals surface area contributed by atoms with Crippen molar-refractivity contribution in [3.05, 3.63) is 48.1 Å². The molecule has 0 spiro atoms. The summed E-state index contributed by atoms with van der Waals surface area (Å²) in [4.78, 5) is 11.2. The number of hydrogen-bond donors (Lipinski definition) is 0. The molecule has 0 saturated carbocycles. The third-order valence-corrected chi connectivity index (χ3v) is 2.15. The number of rotatable bonds is 1. The molecule has 0 N–H and O–H groups in total. The van der Waals surface area contributed by atoms with Crippen LogP contribution in [0.3, 0.4) is 0 Å². The lowest BCUT2D eigenvalue weighted by atomic mass is 10.0. The second-order valence-corrected chi connectivity index (χ2v) is 3.56. The van der Waals surface area contributed by atoms with E-state index in [1.807, 2.05) is 30.4 Å². The fraction of sp³-hybridized carbons (Fsp3) is 0.308. The number of Topliss-reactive ketones (excluding diaryl/α,β-unsaturated/α-hetero) is 1. The van der Waals surface area contributed by atoms with Gasteiger partial charge in [0.2, 0.25) is 0 Å². The maximum atomic E-state index is 11.2. The minimum atomic E-state index is 0.114. The molecule has 0 aromatic carbocycles. The molecule has 0 amide bonds. The van der Waals surface area contributed by atoms with Crippen LogP contribution in [0.15, 0.2) is 48.1 Å². The van der Waals surface area contributed by atoms with Gasteiger partial charge in [-0.3, -0.25) is 4.79 Å². The number of allylic oxidation sites excluding steroid dienone is 8. The lowest BCUT2D eigenvalue weighted by Crippen LogP contribution is -1.94. The highest BCUT2D eigenvalue weighted by Crippen LogP contribution is 2.09. The van der Waals surface area contributed by atoms with Crippen LogP contribution in [-0.4, -0.2) is 5.78 Å². The topological polar surface area (TPSA) is 17.1 Å². The average Bonchev–Trinajstić information content (AvgIpc) is 2.15. The Morgan fingerprint density at radius 2 is 2.14 bits per heavy atom. The van der Waals surface area contributed by atoms with E-state index < -0.39 is 0 Å². The highest BCUT2D eigenvalue weighted by molar-refractivity contribution is 5.96. The van der Waals surface area contributed by atoms with Gasteiger partial charge in [0.1, 0.15) is 0 Å². The van der Waals surface area contributed by atoms with Gasteiger partial charge in [0.25, 0.3) is 0 Å². The van der Waals surface area contributed by atoms with E-state index in [-0.39, 0.29) is 5.78 Å². The Balaban J connectivity index is 2.90. The second-order valence-electron chi connectivity index (χ2n) is 3.56. The highest BCUT2D eigenvalue weighted by Gasteiger charge is 1.99. The quantitative estimate of drug-likeness (QED) is 0.617. The van der Waals surface area contributed by atoms with Gasteiger partial charge < -0.3 is 0 Å². The summed E-state index contributed by atoms with van der Waals surface area (Å²) >= 11 is 0. The summed E-state index contributed by atoms with van der Waals surface area (Å²) in [5.74, 6) is 0.600. The predicted molar refractivity (Wildman–Crippen MR) is 60.0 cm³/mol. The Kier molecular flexibility index (Phi) is 4.11. The largest absolute Gasteiger partial charge is 0.295 e. The molecule has 0 fully saturated rings. The molecule has 1 nitrogen and oxygen atoms in total. The smallest absolute Gasteiger partial charge is 0.159 e. The van der Waals surface area contributed by atoms with Crippen molar-refractivity contribution in [3.63, 3.8) is 0 Å². The maximum absolute atomic E-state index is 11.2. The number of carbonyl (C=O) groups is 1. The summed E-state index contributed by atoms with van der Waals surface area (Å²) in [5, 5.41) is 0. The predicted octanol–water partition coefficient (Wildman–Crippen LogP) is 3.21. The van der Waals surface area contributed by atoms with Gasteiger partial charge in [-0.05, 0) is 19.3 Å². The van der Waals surface area contributed by atoms with E-state index in [0.717, 1.165) is 12.0 Å². The van der Waals surface area contributed by atoms with Crippen molar-refractivity contribution in [3.8, 4) is 0 Å². The zero-order valence-corrected chi connectivity index (χ0v) is 8.73. The number of hydrogen-bond acceptors (Lipinski definition) is 1. The minimum Gasteiger partial charge on any atom is -0.295 e. The molecule has 1 rings (SSSR count). The van der Waals surface area contributed by atoms with Crippen LogP contribution in [0.1, 0.15) is 20.3 Å². The maximum Gasteiger partial charge on any atom is 0.159 e. The van der Waals surface area contributed by atoms with Crippen molar-refractivity contribution in [1.29, 1.82) is 0 Å². The van der Waals surface area contributed by atoms with E-state index in [1.54, 1.807) is 6.92 Å². The summed E-state index contributed by atoms with van der Waals surface area (Å²) in [6.07, 6.45) is 14.9. The summed E-state index contributed by atoms with van der Waals surface area (Å²) < 4.78 is 0. The van der Waals surface area contributed by atoms with E-state index in [9.17, 15) is 4.79 Å². The summed E-state index contributed by atoms with van der Waals surface area (Å²) in [6, 6.07) is 0. The first-order valence-corrected chi connectivity index (χ1v) is 4.93. The van der Waals surface area contributed by atoms with Crippen LogP contribution in [0.4, 0.5) is 0 Å². The first-order chi connectivity index (χ1) is 6.70. The summed E-state index contributed by atoms with van der Waals surface area (Å²) in [5.41, 5.74) is 0.767. The molecule has 14 heavy (non-hydrogen) atoms. The molecule has 0 bridgehead atoms. The van der Waals surface area contributed by atoms with Crippen LogP contribution in [0.5, 0.6) is 0 Å². The van der Waals surface area contributed by atoms with Gasteiger partial charge in [-0.2, -0.15) is 0 Å². The molecule has 1 atom stereocenters. The third-order valence-electron chi connectivity index (χ3n) is 2.15. The van der Waals surface area contributed by atoms with E-state index >= 15 is 0 Å². The number of ketones is 1. The average molecular weight is 188 g/mol. The van der Waals surface area contributed by atoms with Gasteiger partial charge in [-0.1, -0.05) is 49.5 Å². The van der Waals surface area contributed by atoms with Crippen molar-refractivity contribution >= 4 is 5.78 Å². The molecule has 1 aliphatic carbocycles. The van der Waals surface area contributed by atoms with Gasteiger partial charge in [0, 0.05) is 5.57 Å². The summed E-state index contributed by atoms with van der Waals surface area (Å²) in [7, 11) is 0. The zero-order valence-electron chi connectivity index (χ0n) is 8.73. The van der Waals surface area contributed by atoms with Gasteiger partial charge in [-0.25, -0.2) is 0 Å². The molecule has 1 heteroatoms. The first-order valence-electron chi connectivity index (χ1n) is 4.93. The Morgan fingerprint density at radius 3 is 2.86 bits per heavy atom. The molecule has 74 valence electrons. The molecule has 0 aromatic rings. The van der Waals surface area contributed by atoms with Crippen LogP contribution in [0.25, 0.3) is 0 Å². The monoisotopic (exact) mass is 188 g/mol. The zero-order chi connectivity index (χ0) is 10.4. The highest BCUT2D eigenvalue weighted by atomic mass is 16.1. The van der Waals surface area contributed by atoms with E-state index in [0.29, 0.717) is 5.92 Å². The lowest BCUT2D eigenvalue weighted by molar-refractivity contribution is -0.113. The van der Waals surface area contributed by atoms with Crippen LogP contribution in [0.2, 0.25) is 0 Å². The minimum absolute atomic E-state index is 0.114. The SMILES string of the molecule is CC(=O)C1=C/C=C/C=C\CC(C)/C=C\1. The van der Waals surface area contributed by atoms with Crippen LogP contribution in [-0.2, 0) is 4.79 Å². The molecule has 0 aromatic heterocycles. The standard InChI is InChI=1S/C13H16O/c1-11-7-5-3-4-6-8-13(10-9-11)12(2)14/h3-6,8-11H,7H2,1-2H3/b5-3-,6-4+,10-9-,13-8+. The molecular formula is C13H16O. The van der Waals surface area contributed by atoms with E-state index in [2.05, 4.69) is 19.1 Å². The first kappa shape index (κ1) is 10.7. The number of carbonyl (C=O) groups excluding carboxylic acids is 1. The molecular weight excluding hydrogens is 172 g/mol. The van der Waals surface area contributed by atoms with Crippen LogP contribution in [0, 0.1) is 5.92 Å². The van der Waals surface area contributed by atoms with Gasteiger partial charge in [-0.15, -0.1) is 0 Å². The van der Waals surface area contributed by atoms with Crippen LogP contribution < -0.4 is 0 Å². The van der Waals surface area contributed by atoms with Gasteiger partial charge in [0.05, 0.1) is 0 Å². The molecule has 0 radical (unpaired) electrons. The Labute approximate surface area is 85.5 Å². The molecule has 0 heterocycles. The van der Waals surface area contributed by atoms with Crippen molar-refractivity contribution in [2.24, 2.45) is 5.92 Å². The van der Waals surface area contributed by atoms with E-state index in [4.69, 9.17) is 0 Å². The third kappa shape index (κ3) is 3.56. The van der Waals surface area contributed by atoms with Gasteiger partial charge in [0.15, 0.2) is 5.78 Å². The molecule has 1 aliphatic rings. The summed E-state index contributed by atoms with van der Waals surface area (Å²) in [6.45, 7) is 3.74. The van der Waals surface area contributed by atoms with Crippen molar-refractivity contribution in [2.75, 3.05) is 0 Å². The fourth-order valence-electron chi connectivity index (χ4n) is 1.23. The Morgan fingerprint density at radius 1 is 1.36 bits per heavy atom. The van der Waals surface area contributed by atoms with Crippen molar-refractivity contribution in [1.82, 2.24) is 0 Å². The van der Waals surface area contributed by atoms with Gasteiger partial charge >= 0.3 is 0 Å². The molecule has 1 unspecified atom stereocenters. The molecule has 0 aliphatic heterocycles. The Hall–Kier alpha value is -1.37.